The first-order valence-electron chi connectivity index (χ1n) is 9.47. The number of fused-ring (bicyclic) bond motifs is 1. The number of benzene rings is 2. The first-order chi connectivity index (χ1) is 14.9. The van der Waals surface area contributed by atoms with Crippen LogP contribution in [0, 0.1) is 0 Å². The summed E-state index contributed by atoms with van der Waals surface area (Å²) in [5.74, 6) is 1.50. The highest BCUT2D eigenvalue weighted by molar-refractivity contribution is 7.89. The molecule has 0 saturated carbocycles. The second-order valence-electron chi connectivity index (χ2n) is 6.81. The van der Waals surface area contributed by atoms with Gasteiger partial charge in [0.1, 0.15) is 18.0 Å². The molecule has 0 saturated heterocycles. The molecular weight excluding hydrogens is 418 g/mol. The van der Waals surface area contributed by atoms with Crippen LogP contribution in [0.15, 0.2) is 71.9 Å². The Balaban J connectivity index is 1.64. The monoisotopic (exact) mass is 439 g/mol. The molecule has 0 aliphatic carbocycles. The summed E-state index contributed by atoms with van der Waals surface area (Å²) in [5.41, 5.74) is 1.66. The average Bonchev–Trinajstić information content (AvgIpc) is 3.23. The van der Waals surface area contributed by atoms with Crippen molar-refractivity contribution in [3.63, 3.8) is 0 Å². The Bertz CT molecular complexity index is 1280. The molecule has 0 aliphatic rings. The van der Waals surface area contributed by atoms with Gasteiger partial charge in [0.2, 0.25) is 10.0 Å². The van der Waals surface area contributed by atoms with Gasteiger partial charge >= 0.3 is 0 Å². The lowest BCUT2D eigenvalue weighted by Crippen LogP contribution is -2.14. The number of primary sulfonamides is 1. The minimum atomic E-state index is -3.77. The molecule has 5 N–H and O–H groups in total. The van der Waals surface area contributed by atoms with Crippen molar-refractivity contribution >= 4 is 33.1 Å². The van der Waals surface area contributed by atoms with Gasteiger partial charge in [-0.15, -0.1) is 0 Å². The Kier molecular flexibility index (Phi) is 5.80. The summed E-state index contributed by atoms with van der Waals surface area (Å²) in [6, 6.07) is 17.4. The summed E-state index contributed by atoms with van der Waals surface area (Å²) in [5, 5.41) is 25.4. The largest absolute Gasteiger partial charge is 0.396 e. The van der Waals surface area contributed by atoms with E-state index in [2.05, 4.69) is 25.7 Å². The third kappa shape index (κ3) is 4.79. The SMILES string of the molecule is NS(=O)(=O)c1ccc(Nc2cc(NC(CCO)c3ccccc3)nc3ncnn23)cc1. The molecule has 0 fully saturated rings. The van der Waals surface area contributed by atoms with Crippen LogP contribution in [0.2, 0.25) is 0 Å². The molecule has 2 aromatic carbocycles. The van der Waals surface area contributed by atoms with Crippen molar-refractivity contribution in [3.05, 3.63) is 72.6 Å². The third-order valence-electron chi connectivity index (χ3n) is 4.65. The van der Waals surface area contributed by atoms with Crippen LogP contribution in [0.1, 0.15) is 18.0 Å². The molecule has 1 unspecified atom stereocenters. The van der Waals surface area contributed by atoms with E-state index in [9.17, 15) is 13.5 Å². The molecule has 0 bridgehead atoms. The normalized spacial score (nSPS) is 12.6. The molecule has 31 heavy (non-hydrogen) atoms. The number of hydrogen-bond acceptors (Lipinski definition) is 8. The molecule has 2 heterocycles. The van der Waals surface area contributed by atoms with Crippen molar-refractivity contribution in [3.8, 4) is 0 Å². The smallest absolute Gasteiger partial charge is 0.256 e. The Morgan fingerprint density at radius 1 is 1.10 bits per heavy atom. The van der Waals surface area contributed by atoms with E-state index in [1.807, 2.05) is 30.3 Å². The van der Waals surface area contributed by atoms with E-state index >= 15 is 0 Å². The van der Waals surface area contributed by atoms with Gasteiger partial charge < -0.3 is 15.7 Å². The second kappa shape index (κ2) is 8.68. The topological polar surface area (TPSA) is 148 Å². The van der Waals surface area contributed by atoms with E-state index in [1.54, 1.807) is 18.2 Å². The number of anilines is 3. The third-order valence-corrected chi connectivity index (χ3v) is 5.58. The van der Waals surface area contributed by atoms with Crippen LogP contribution in [0.25, 0.3) is 5.78 Å². The molecular formula is C20H21N7O3S. The fourth-order valence-electron chi connectivity index (χ4n) is 3.17. The maximum absolute atomic E-state index is 11.5. The summed E-state index contributed by atoms with van der Waals surface area (Å²) in [6.07, 6.45) is 1.89. The van der Waals surface area contributed by atoms with Gasteiger partial charge in [0.15, 0.2) is 0 Å². The fraction of sp³-hybridized carbons (Fsp3) is 0.150. The summed E-state index contributed by atoms with van der Waals surface area (Å²) in [4.78, 5) is 8.69. The first kappa shape index (κ1) is 20.7. The van der Waals surface area contributed by atoms with Gasteiger partial charge in [0.25, 0.3) is 5.78 Å². The van der Waals surface area contributed by atoms with Gasteiger partial charge in [-0.3, -0.25) is 0 Å². The summed E-state index contributed by atoms with van der Waals surface area (Å²) >= 11 is 0. The molecule has 11 heteroatoms. The average molecular weight is 440 g/mol. The predicted octanol–water partition coefficient (Wildman–Crippen LogP) is 2.05. The lowest BCUT2D eigenvalue weighted by atomic mass is 10.0. The van der Waals surface area contributed by atoms with E-state index in [0.717, 1.165) is 5.56 Å². The standard InChI is InChI=1S/C20H21N7O3S/c21-31(29,30)16-8-6-15(7-9-16)24-19-12-18(26-20-22-13-23-27(19)20)25-17(10-11-28)14-4-2-1-3-5-14/h1-9,12-13,17,24,28H,10-11H2,(H2,21,29,30)(H,22,23,25,26). The minimum Gasteiger partial charge on any atom is -0.396 e. The number of aliphatic hydroxyl groups excluding tert-OH is 1. The highest BCUT2D eigenvalue weighted by atomic mass is 32.2. The molecule has 0 radical (unpaired) electrons. The zero-order valence-corrected chi connectivity index (χ0v) is 17.2. The van der Waals surface area contributed by atoms with Gasteiger partial charge in [0, 0.05) is 18.4 Å². The summed E-state index contributed by atoms with van der Waals surface area (Å²) < 4.78 is 24.5. The highest BCUT2D eigenvalue weighted by Gasteiger charge is 2.15. The van der Waals surface area contributed by atoms with Crippen molar-refractivity contribution in [1.82, 2.24) is 19.6 Å². The van der Waals surface area contributed by atoms with Gasteiger partial charge in [-0.25, -0.2) is 13.6 Å². The molecule has 0 aliphatic heterocycles. The van der Waals surface area contributed by atoms with Crippen molar-refractivity contribution in [1.29, 1.82) is 0 Å². The number of aromatic nitrogens is 4. The lowest BCUT2D eigenvalue weighted by Gasteiger charge is -2.19. The van der Waals surface area contributed by atoms with Crippen LogP contribution in [-0.4, -0.2) is 39.7 Å². The van der Waals surface area contributed by atoms with E-state index in [-0.39, 0.29) is 17.5 Å². The van der Waals surface area contributed by atoms with Gasteiger partial charge in [-0.2, -0.15) is 19.6 Å². The van der Waals surface area contributed by atoms with Crippen LogP contribution in [-0.2, 0) is 10.0 Å². The number of hydrogen-bond donors (Lipinski definition) is 4. The molecule has 10 nitrogen and oxygen atoms in total. The van der Waals surface area contributed by atoms with Gasteiger partial charge in [0.05, 0.1) is 10.9 Å². The van der Waals surface area contributed by atoms with E-state index in [4.69, 9.17) is 5.14 Å². The Morgan fingerprint density at radius 2 is 1.84 bits per heavy atom. The van der Waals surface area contributed by atoms with Crippen molar-refractivity contribution in [2.24, 2.45) is 5.14 Å². The minimum absolute atomic E-state index is 0.0151. The Labute approximate surface area is 178 Å². The molecule has 4 aromatic rings. The van der Waals surface area contributed by atoms with Crippen LogP contribution >= 0.6 is 0 Å². The maximum atomic E-state index is 11.5. The van der Waals surface area contributed by atoms with Crippen LogP contribution < -0.4 is 15.8 Å². The fourth-order valence-corrected chi connectivity index (χ4v) is 3.68. The second-order valence-corrected chi connectivity index (χ2v) is 8.37. The van der Waals surface area contributed by atoms with Crippen molar-refractivity contribution in [2.75, 3.05) is 17.2 Å². The number of aliphatic hydroxyl groups is 1. The van der Waals surface area contributed by atoms with E-state index in [0.29, 0.717) is 29.5 Å². The molecule has 0 amide bonds. The predicted molar refractivity (Wildman–Crippen MR) is 116 cm³/mol. The van der Waals surface area contributed by atoms with Crippen molar-refractivity contribution in [2.45, 2.75) is 17.4 Å². The summed E-state index contributed by atoms with van der Waals surface area (Å²) in [7, 11) is -3.77. The number of nitrogens with two attached hydrogens (primary N) is 1. The number of sulfonamides is 1. The number of nitrogens with zero attached hydrogens (tertiary/aromatic N) is 4. The zero-order chi connectivity index (χ0) is 21.8. The maximum Gasteiger partial charge on any atom is 0.256 e. The zero-order valence-electron chi connectivity index (χ0n) is 16.4. The molecule has 0 spiro atoms. The van der Waals surface area contributed by atoms with Crippen LogP contribution in [0.3, 0.4) is 0 Å². The molecule has 160 valence electrons. The van der Waals surface area contributed by atoms with Gasteiger partial charge in [-0.1, -0.05) is 30.3 Å². The van der Waals surface area contributed by atoms with Crippen LogP contribution in [0.4, 0.5) is 17.3 Å². The van der Waals surface area contributed by atoms with E-state index in [1.165, 1.54) is 23.0 Å². The molecule has 4 rings (SSSR count). The summed E-state index contributed by atoms with van der Waals surface area (Å²) in [6.45, 7) is 0.0151. The number of rotatable bonds is 8. The number of nitrogens with one attached hydrogen (secondary N) is 2. The Morgan fingerprint density at radius 3 is 2.52 bits per heavy atom. The molecule has 1 atom stereocenters. The van der Waals surface area contributed by atoms with Crippen molar-refractivity contribution < 1.29 is 13.5 Å². The van der Waals surface area contributed by atoms with E-state index < -0.39 is 10.0 Å². The lowest BCUT2D eigenvalue weighted by molar-refractivity contribution is 0.280. The quantitative estimate of drug-likeness (QED) is 0.326. The Hall–Kier alpha value is -3.54. The van der Waals surface area contributed by atoms with Gasteiger partial charge in [-0.05, 0) is 36.2 Å². The first-order valence-corrected chi connectivity index (χ1v) is 11.0. The molecule has 2 aromatic heterocycles. The van der Waals surface area contributed by atoms with Crippen LogP contribution in [0.5, 0.6) is 0 Å². The highest BCUT2D eigenvalue weighted by Crippen LogP contribution is 2.25.